The molecule has 0 spiro atoms. The van der Waals surface area contributed by atoms with E-state index in [1.165, 1.54) is 21.4 Å². The van der Waals surface area contributed by atoms with E-state index in [0.29, 0.717) is 24.5 Å². The number of aliphatic hydroxyl groups excluding tert-OH is 1. The van der Waals surface area contributed by atoms with Crippen LogP contribution in [0.4, 0.5) is 0 Å². The van der Waals surface area contributed by atoms with Crippen molar-refractivity contribution in [1.29, 1.82) is 0 Å². The van der Waals surface area contributed by atoms with E-state index < -0.39 is 20.8 Å². The van der Waals surface area contributed by atoms with Crippen LogP contribution in [-0.4, -0.2) is 63.0 Å². The van der Waals surface area contributed by atoms with Crippen LogP contribution in [0.2, 0.25) is 0 Å². The van der Waals surface area contributed by atoms with Gasteiger partial charge in [0, 0.05) is 54.7 Å². The molecule has 0 bridgehead atoms. The van der Waals surface area contributed by atoms with Crippen molar-refractivity contribution in [2.24, 2.45) is 0 Å². The maximum Gasteiger partial charge on any atom is 0.246 e. The summed E-state index contributed by atoms with van der Waals surface area (Å²) in [6.07, 6.45) is 3.32. The molecule has 1 aromatic heterocycles. The van der Waals surface area contributed by atoms with Gasteiger partial charge in [-0.3, -0.25) is 8.89 Å². The topological polar surface area (TPSA) is 92.5 Å². The van der Waals surface area contributed by atoms with Gasteiger partial charge < -0.3 is 5.11 Å². The molecule has 0 unspecified atom stereocenters. The third-order valence-electron chi connectivity index (χ3n) is 2.93. The first kappa shape index (κ1) is 14.6. The lowest BCUT2D eigenvalue weighted by Gasteiger charge is -2.24. The van der Waals surface area contributed by atoms with Gasteiger partial charge in [0.2, 0.25) is 10.0 Å². The Morgan fingerprint density at radius 2 is 2.05 bits per heavy atom. The Hall–Kier alpha value is -0.770. The van der Waals surface area contributed by atoms with Gasteiger partial charge in [0.15, 0.2) is 0 Å². The highest BCUT2D eigenvalue weighted by atomic mass is 32.2. The molecule has 1 N–H and O–H groups in total. The van der Waals surface area contributed by atoms with Crippen molar-refractivity contribution in [3.63, 3.8) is 0 Å². The Morgan fingerprint density at radius 1 is 1.37 bits per heavy atom. The standard InChI is InChI=1S/C10H17N3O4S2/c14-5-1-2-12-9-10(8-11-12)19(16,17)13-3-6-18(15)7-4-13/h8-9,14H,1-7H2. The molecule has 1 aromatic rings. The highest BCUT2D eigenvalue weighted by Gasteiger charge is 2.29. The molecule has 0 atom stereocenters. The Kier molecular flexibility index (Phi) is 4.71. The molecule has 1 aliphatic heterocycles. The lowest BCUT2D eigenvalue weighted by Crippen LogP contribution is -2.41. The van der Waals surface area contributed by atoms with Gasteiger partial charge in [-0.1, -0.05) is 0 Å². The Morgan fingerprint density at radius 3 is 2.68 bits per heavy atom. The van der Waals surface area contributed by atoms with Crippen molar-refractivity contribution in [3.05, 3.63) is 12.4 Å². The number of sulfonamides is 1. The molecule has 1 aliphatic rings. The van der Waals surface area contributed by atoms with E-state index in [-0.39, 0.29) is 24.6 Å². The summed E-state index contributed by atoms with van der Waals surface area (Å²) < 4.78 is 38.7. The van der Waals surface area contributed by atoms with Gasteiger partial charge in [0.05, 0.1) is 6.20 Å². The molecule has 0 aliphatic carbocycles. The van der Waals surface area contributed by atoms with Crippen LogP contribution in [0.15, 0.2) is 17.3 Å². The molecule has 0 amide bonds. The molecule has 0 saturated carbocycles. The van der Waals surface area contributed by atoms with Gasteiger partial charge in [-0.05, 0) is 6.42 Å². The van der Waals surface area contributed by atoms with Gasteiger partial charge in [0.25, 0.3) is 0 Å². The zero-order chi connectivity index (χ0) is 13.9. The predicted octanol–water partition coefficient (Wildman–Crippen LogP) is -0.981. The predicted molar refractivity (Wildman–Crippen MR) is 70.6 cm³/mol. The third kappa shape index (κ3) is 3.41. The molecule has 0 radical (unpaired) electrons. The highest BCUT2D eigenvalue weighted by molar-refractivity contribution is 7.89. The molecule has 1 fully saturated rings. The summed E-state index contributed by atoms with van der Waals surface area (Å²) in [6, 6.07) is 0. The van der Waals surface area contributed by atoms with E-state index in [0.717, 1.165) is 0 Å². The lowest BCUT2D eigenvalue weighted by atomic mass is 10.5. The molecule has 7 nitrogen and oxygen atoms in total. The first-order chi connectivity index (χ1) is 9.04. The van der Waals surface area contributed by atoms with Crippen molar-refractivity contribution >= 4 is 20.8 Å². The fourth-order valence-corrected chi connectivity index (χ4v) is 4.52. The summed E-state index contributed by atoms with van der Waals surface area (Å²) in [5, 5.41) is 12.7. The van der Waals surface area contributed by atoms with Crippen molar-refractivity contribution in [2.75, 3.05) is 31.2 Å². The van der Waals surface area contributed by atoms with Crippen LogP contribution in [0.1, 0.15) is 6.42 Å². The van der Waals surface area contributed by atoms with Crippen LogP contribution in [0.3, 0.4) is 0 Å². The van der Waals surface area contributed by atoms with Crippen LogP contribution in [0, 0.1) is 0 Å². The Balaban J connectivity index is 2.10. The normalized spacial score (nSPS) is 18.8. The van der Waals surface area contributed by atoms with E-state index in [1.54, 1.807) is 0 Å². The van der Waals surface area contributed by atoms with Crippen LogP contribution in [0.5, 0.6) is 0 Å². The molecular formula is C10H17N3O4S2. The molecule has 2 heterocycles. The summed E-state index contributed by atoms with van der Waals surface area (Å²) >= 11 is 0. The van der Waals surface area contributed by atoms with E-state index in [9.17, 15) is 12.6 Å². The second-order valence-electron chi connectivity index (χ2n) is 4.27. The molecular weight excluding hydrogens is 290 g/mol. The average Bonchev–Trinajstić information content (AvgIpc) is 2.86. The number of hydrogen-bond donors (Lipinski definition) is 1. The fraction of sp³-hybridized carbons (Fsp3) is 0.700. The summed E-state index contributed by atoms with van der Waals surface area (Å²) in [5.74, 6) is 0.774. The van der Waals surface area contributed by atoms with E-state index in [4.69, 9.17) is 5.11 Å². The number of hydrogen-bond acceptors (Lipinski definition) is 5. The average molecular weight is 307 g/mol. The third-order valence-corrected chi connectivity index (χ3v) is 6.06. The number of aliphatic hydroxyl groups is 1. The van der Waals surface area contributed by atoms with E-state index in [2.05, 4.69) is 5.10 Å². The molecule has 2 rings (SSSR count). The summed E-state index contributed by atoms with van der Waals surface area (Å²) in [6.45, 7) is 1.10. The minimum absolute atomic E-state index is 0.0415. The molecule has 9 heteroatoms. The van der Waals surface area contributed by atoms with E-state index in [1.807, 2.05) is 0 Å². The maximum atomic E-state index is 12.3. The number of aromatic nitrogens is 2. The zero-order valence-corrected chi connectivity index (χ0v) is 12.1. The summed E-state index contributed by atoms with van der Waals surface area (Å²) in [5.41, 5.74) is 0. The van der Waals surface area contributed by atoms with Gasteiger partial charge in [-0.2, -0.15) is 9.40 Å². The van der Waals surface area contributed by atoms with Gasteiger partial charge in [-0.15, -0.1) is 0 Å². The second-order valence-corrected chi connectivity index (χ2v) is 7.90. The number of aryl methyl sites for hydroxylation is 1. The minimum atomic E-state index is -3.54. The summed E-state index contributed by atoms with van der Waals surface area (Å²) in [4.78, 5) is 0.151. The van der Waals surface area contributed by atoms with Crippen molar-refractivity contribution < 1.29 is 17.7 Å². The minimum Gasteiger partial charge on any atom is -0.396 e. The molecule has 108 valence electrons. The van der Waals surface area contributed by atoms with Crippen LogP contribution >= 0.6 is 0 Å². The monoisotopic (exact) mass is 307 g/mol. The summed E-state index contributed by atoms with van der Waals surface area (Å²) in [7, 11) is -4.44. The zero-order valence-electron chi connectivity index (χ0n) is 10.4. The first-order valence-corrected chi connectivity index (χ1v) is 8.95. The molecule has 0 aromatic carbocycles. The number of nitrogens with zero attached hydrogens (tertiary/aromatic N) is 3. The highest BCUT2D eigenvalue weighted by Crippen LogP contribution is 2.16. The fourth-order valence-electron chi connectivity index (χ4n) is 1.84. The quantitative estimate of drug-likeness (QED) is 0.755. The largest absolute Gasteiger partial charge is 0.396 e. The maximum absolute atomic E-state index is 12.3. The lowest BCUT2D eigenvalue weighted by molar-refractivity contribution is 0.277. The van der Waals surface area contributed by atoms with Gasteiger partial charge in [-0.25, -0.2) is 8.42 Å². The van der Waals surface area contributed by atoms with Gasteiger partial charge >= 0.3 is 0 Å². The Bertz CT molecular complexity index is 545. The van der Waals surface area contributed by atoms with Crippen molar-refractivity contribution in [2.45, 2.75) is 17.9 Å². The van der Waals surface area contributed by atoms with Crippen molar-refractivity contribution in [3.8, 4) is 0 Å². The Labute approximate surface area is 114 Å². The van der Waals surface area contributed by atoms with E-state index >= 15 is 0 Å². The van der Waals surface area contributed by atoms with Crippen LogP contribution in [0.25, 0.3) is 0 Å². The second kappa shape index (κ2) is 6.12. The van der Waals surface area contributed by atoms with Gasteiger partial charge in [0.1, 0.15) is 4.90 Å². The van der Waals surface area contributed by atoms with Crippen molar-refractivity contribution in [1.82, 2.24) is 14.1 Å². The smallest absolute Gasteiger partial charge is 0.246 e. The molecule has 1 saturated heterocycles. The van der Waals surface area contributed by atoms with Crippen LogP contribution < -0.4 is 0 Å². The SMILES string of the molecule is O=S1CCN(S(=O)(=O)c2cnn(CCCO)c2)CC1. The number of rotatable bonds is 5. The van der Waals surface area contributed by atoms with Crippen LogP contribution in [-0.2, 0) is 27.4 Å². The first-order valence-electron chi connectivity index (χ1n) is 6.02. The molecule has 19 heavy (non-hydrogen) atoms.